The highest BCUT2D eigenvalue weighted by Crippen LogP contribution is 2.18. The normalized spacial score (nSPS) is 10.3. The number of hydrogen-bond donors (Lipinski definition) is 1. The van der Waals surface area contributed by atoms with Crippen LogP contribution in [0.3, 0.4) is 0 Å². The second-order valence-corrected chi connectivity index (χ2v) is 6.08. The summed E-state index contributed by atoms with van der Waals surface area (Å²) in [4.78, 5) is 18.7. The third-order valence-electron chi connectivity index (χ3n) is 4.24. The summed E-state index contributed by atoms with van der Waals surface area (Å²) in [6, 6.07) is 21.2. The number of aromatic nitrogens is 1. The number of para-hydroxylation sites is 2. The maximum atomic E-state index is 12.9. The zero-order valence-electron chi connectivity index (χ0n) is 15.3. The second kappa shape index (κ2) is 9.38. The van der Waals surface area contributed by atoms with E-state index in [9.17, 15) is 4.79 Å². The molecule has 0 aliphatic heterocycles. The lowest BCUT2D eigenvalue weighted by atomic mass is 10.1. The van der Waals surface area contributed by atoms with Crippen molar-refractivity contribution in [1.29, 1.82) is 0 Å². The van der Waals surface area contributed by atoms with Crippen LogP contribution >= 0.6 is 0 Å². The molecule has 3 aromatic rings. The van der Waals surface area contributed by atoms with E-state index in [0.29, 0.717) is 19.5 Å². The lowest BCUT2D eigenvalue weighted by molar-refractivity contribution is 0.246. The van der Waals surface area contributed by atoms with Gasteiger partial charge >= 0.3 is 6.03 Å². The van der Waals surface area contributed by atoms with Crippen molar-refractivity contribution >= 4 is 11.7 Å². The summed E-state index contributed by atoms with van der Waals surface area (Å²) in [7, 11) is 1.66. The molecule has 0 atom stereocenters. The van der Waals surface area contributed by atoms with Crippen molar-refractivity contribution < 1.29 is 9.53 Å². The largest absolute Gasteiger partial charge is 0.496 e. The number of nitrogens with one attached hydrogen (secondary N) is 1. The van der Waals surface area contributed by atoms with Crippen molar-refractivity contribution in [2.75, 3.05) is 18.6 Å². The van der Waals surface area contributed by atoms with E-state index >= 15 is 0 Å². The maximum absolute atomic E-state index is 12.9. The number of pyridine rings is 1. The highest BCUT2D eigenvalue weighted by atomic mass is 16.5. The van der Waals surface area contributed by atoms with Crippen LogP contribution in [0.2, 0.25) is 0 Å². The molecule has 0 saturated heterocycles. The van der Waals surface area contributed by atoms with Crippen LogP contribution in [0.15, 0.2) is 79.1 Å². The van der Waals surface area contributed by atoms with Crippen molar-refractivity contribution in [1.82, 2.24) is 10.3 Å². The number of rotatable bonds is 7. The van der Waals surface area contributed by atoms with E-state index in [1.165, 1.54) is 0 Å². The molecule has 0 aliphatic rings. The predicted molar refractivity (Wildman–Crippen MR) is 107 cm³/mol. The summed E-state index contributed by atoms with van der Waals surface area (Å²) in [6.45, 7) is 0.980. The monoisotopic (exact) mass is 361 g/mol. The molecular formula is C22H23N3O2. The third-order valence-corrected chi connectivity index (χ3v) is 4.24. The molecule has 0 fully saturated rings. The Bertz CT molecular complexity index is 854. The van der Waals surface area contributed by atoms with Crippen molar-refractivity contribution in [3.05, 3.63) is 90.3 Å². The second-order valence-electron chi connectivity index (χ2n) is 6.08. The Morgan fingerprint density at radius 3 is 2.56 bits per heavy atom. The average molecular weight is 361 g/mol. The Balaban J connectivity index is 1.67. The van der Waals surface area contributed by atoms with E-state index in [1.54, 1.807) is 24.4 Å². The molecule has 27 heavy (non-hydrogen) atoms. The first-order valence-corrected chi connectivity index (χ1v) is 8.89. The molecule has 0 bridgehead atoms. The Morgan fingerprint density at radius 1 is 1.04 bits per heavy atom. The summed E-state index contributed by atoms with van der Waals surface area (Å²) in [5, 5.41) is 3.01. The van der Waals surface area contributed by atoms with E-state index in [1.807, 2.05) is 66.7 Å². The molecule has 138 valence electrons. The third kappa shape index (κ3) is 5.07. The molecule has 0 radical (unpaired) electrons. The first-order chi connectivity index (χ1) is 13.3. The zero-order chi connectivity index (χ0) is 18.9. The van der Waals surface area contributed by atoms with Gasteiger partial charge in [-0.25, -0.2) is 4.79 Å². The number of benzene rings is 2. The number of hydrogen-bond acceptors (Lipinski definition) is 3. The highest BCUT2D eigenvalue weighted by Gasteiger charge is 2.16. The minimum Gasteiger partial charge on any atom is -0.496 e. The molecule has 1 aromatic heterocycles. The standard InChI is InChI=1S/C22H23N3O2/c1-27-21-12-6-5-9-19(21)13-15-24-22(26)25(20-10-3-2-4-11-20)17-18-8-7-14-23-16-18/h2-12,14,16H,13,15,17H2,1H3,(H,24,26). The molecule has 1 N–H and O–H groups in total. The van der Waals surface area contributed by atoms with Crippen LogP contribution in [0, 0.1) is 0 Å². The zero-order valence-corrected chi connectivity index (χ0v) is 15.3. The highest BCUT2D eigenvalue weighted by molar-refractivity contribution is 5.91. The Morgan fingerprint density at radius 2 is 1.81 bits per heavy atom. The van der Waals surface area contributed by atoms with Gasteiger partial charge < -0.3 is 10.1 Å². The minimum absolute atomic E-state index is 0.139. The maximum Gasteiger partial charge on any atom is 0.322 e. The van der Waals surface area contributed by atoms with Gasteiger partial charge in [0.15, 0.2) is 0 Å². The molecular weight excluding hydrogens is 338 g/mol. The fourth-order valence-electron chi connectivity index (χ4n) is 2.87. The van der Waals surface area contributed by atoms with Gasteiger partial charge in [0.2, 0.25) is 0 Å². The Hall–Kier alpha value is -3.34. The number of anilines is 1. The quantitative estimate of drug-likeness (QED) is 0.691. The van der Waals surface area contributed by atoms with E-state index in [0.717, 1.165) is 22.6 Å². The van der Waals surface area contributed by atoms with Crippen LogP contribution < -0.4 is 15.0 Å². The van der Waals surface area contributed by atoms with Gasteiger partial charge in [-0.3, -0.25) is 9.88 Å². The SMILES string of the molecule is COc1ccccc1CCNC(=O)N(Cc1cccnc1)c1ccccc1. The number of ether oxygens (including phenoxy) is 1. The van der Waals surface area contributed by atoms with Gasteiger partial charge in [0.1, 0.15) is 5.75 Å². The molecule has 0 saturated carbocycles. The smallest absolute Gasteiger partial charge is 0.322 e. The average Bonchev–Trinajstić information content (AvgIpc) is 2.73. The van der Waals surface area contributed by atoms with E-state index in [2.05, 4.69) is 10.3 Å². The van der Waals surface area contributed by atoms with Gasteiger partial charge in [-0.2, -0.15) is 0 Å². The molecule has 0 aliphatic carbocycles. The molecule has 2 amide bonds. The number of methoxy groups -OCH3 is 1. The van der Waals surface area contributed by atoms with Gasteiger partial charge in [-0.05, 0) is 41.8 Å². The molecule has 1 heterocycles. The van der Waals surface area contributed by atoms with Crippen LogP contribution in [-0.2, 0) is 13.0 Å². The molecule has 2 aromatic carbocycles. The molecule has 3 rings (SSSR count). The van der Waals surface area contributed by atoms with Gasteiger partial charge in [0.05, 0.1) is 13.7 Å². The minimum atomic E-state index is -0.139. The summed E-state index contributed by atoms with van der Waals surface area (Å²) in [6.07, 6.45) is 4.20. The van der Waals surface area contributed by atoms with Crippen molar-refractivity contribution in [3.63, 3.8) is 0 Å². The van der Waals surface area contributed by atoms with Crippen LogP contribution in [0.5, 0.6) is 5.75 Å². The number of urea groups is 1. The molecule has 5 heteroatoms. The summed E-state index contributed by atoms with van der Waals surface area (Å²) >= 11 is 0. The van der Waals surface area contributed by atoms with Gasteiger partial charge in [0.25, 0.3) is 0 Å². The molecule has 5 nitrogen and oxygen atoms in total. The van der Waals surface area contributed by atoms with Gasteiger partial charge in [-0.1, -0.05) is 42.5 Å². The summed E-state index contributed by atoms with van der Waals surface area (Å²) in [5.74, 6) is 0.835. The number of amides is 2. The number of carbonyl (C=O) groups excluding carboxylic acids is 1. The summed E-state index contributed by atoms with van der Waals surface area (Å²) in [5.41, 5.74) is 2.89. The Kier molecular flexibility index (Phi) is 6.41. The van der Waals surface area contributed by atoms with Crippen molar-refractivity contribution in [3.8, 4) is 5.75 Å². The molecule has 0 unspecified atom stereocenters. The van der Waals surface area contributed by atoms with Crippen LogP contribution in [0.1, 0.15) is 11.1 Å². The fraction of sp³-hybridized carbons (Fsp3) is 0.182. The van der Waals surface area contributed by atoms with Crippen LogP contribution in [0.25, 0.3) is 0 Å². The number of carbonyl (C=O) groups is 1. The van der Waals surface area contributed by atoms with Crippen LogP contribution in [-0.4, -0.2) is 24.7 Å². The van der Waals surface area contributed by atoms with E-state index < -0.39 is 0 Å². The van der Waals surface area contributed by atoms with Crippen LogP contribution in [0.4, 0.5) is 10.5 Å². The van der Waals surface area contributed by atoms with E-state index in [4.69, 9.17) is 4.74 Å². The molecule has 0 spiro atoms. The first kappa shape index (κ1) is 18.5. The fourth-order valence-corrected chi connectivity index (χ4v) is 2.87. The van der Waals surface area contributed by atoms with Gasteiger partial charge in [-0.15, -0.1) is 0 Å². The predicted octanol–water partition coefficient (Wildman–Crippen LogP) is 4.05. The van der Waals surface area contributed by atoms with Crippen molar-refractivity contribution in [2.45, 2.75) is 13.0 Å². The van der Waals surface area contributed by atoms with Gasteiger partial charge in [0, 0.05) is 24.6 Å². The van der Waals surface area contributed by atoms with Crippen molar-refractivity contribution in [2.24, 2.45) is 0 Å². The number of nitrogens with zero attached hydrogens (tertiary/aromatic N) is 2. The lowest BCUT2D eigenvalue weighted by Gasteiger charge is -2.23. The topological polar surface area (TPSA) is 54.5 Å². The Labute approximate surface area is 159 Å². The van der Waals surface area contributed by atoms with E-state index in [-0.39, 0.29) is 6.03 Å². The summed E-state index contributed by atoms with van der Waals surface area (Å²) < 4.78 is 5.37. The lowest BCUT2D eigenvalue weighted by Crippen LogP contribution is -2.40. The first-order valence-electron chi connectivity index (χ1n) is 8.89.